The van der Waals surface area contributed by atoms with Gasteiger partial charge in [0, 0.05) is 23.9 Å². The van der Waals surface area contributed by atoms with Crippen molar-refractivity contribution in [2.24, 2.45) is 0 Å². The number of ether oxygens (including phenoxy) is 2. The van der Waals surface area contributed by atoms with Crippen molar-refractivity contribution in [1.29, 1.82) is 0 Å². The average molecular weight is 297 g/mol. The molecule has 0 saturated carbocycles. The van der Waals surface area contributed by atoms with Crippen molar-refractivity contribution in [1.82, 2.24) is 0 Å². The molecule has 2 aromatic carbocycles. The van der Waals surface area contributed by atoms with E-state index in [0.717, 1.165) is 12.1 Å². The fourth-order valence-corrected chi connectivity index (χ4v) is 1.75. The summed E-state index contributed by atoms with van der Waals surface area (Å²) in [6.45, 7) is 2.31. The molecule has 0 aliphatic heterocycles. The van der Waals surface area contributed by atoms with Crippen molar-refractivity contribution in [2.75, 3.05) is 12.3 Å². The summed E-state index contributed by atoms with van der Waals surface area (Å²) in [4.78, 5) is 0. The molecule has 0 aliphatic carbocycles. The minimum Gasteiger partial charge on any atom is -0.494 e. The van der Waals surface area contributed by atoms with Crippen LogP contribution >= 0.6 is 0 Å². The Morgan fingerprint density at radius 1 is 0.952 bits per heavy atom. The molecule has 0 amide bonds. The maximum absolute atomic E-state index is 12.5. The number of halogens is 3. The van der Waals surface area contributed by atoms with Crippen LogP contribution in [-0.4, -0.2) is 6.61 Å². The third-order valence-corrected chi connectivity index (χ3v) is 2.63. The molecule has 0 saturated heterocycles. The average Bonchev–Trinajstić information content (AvgIpc) is 2.38. The van der Waals surface area contributed by atoms with Crippen LogP contribution in [0.4, 0.5) is 18.9 Å². The Morgan fingerprint density at radius 2 is 1.57 bits per heavy atom. The van der Waals surface area contributed by atoms with E-state index in [4.69, 9.17) is 15.2 Å². The molecule has 2 rings (SSSR count). The number of hydrogen-bond acceptors (Lipinski definition) is 3. The molecule has 0 bridgehead atoms. The molecule has 0 fully saturated rings. The Balaban J connectivity index is 2.18. The molecule has 3 nitrogen and oxygen atoms in total. The van der Waals surface area contributed by atoms with Gasteiger partial charge in [-0.25, -0.2) is 0 Å². The second-order valence-corrected chi connectivity index (χ2v) is 4.29. The number of benzene rings is 2. The zero-order chi connectivity index (χ0) is 15.5. The monoisotopic (exact) mass is 297 g/mol. The Kier molecular flexibility index (Phi) is 4.26. The van der Waals surface area contributed by atoms with E-state index < -0.39 is 11.7 Å². The van der Waals surface area contributed by atoms with Gasteiger partial charge in [-0.15, -0.1) is 0 Å². The van der Waals surface area contributed by atoms with E-state index in [9.17, 15) is 13.2 Å². The quantitative estimate of drug-likeness (QED) is 0.846. The summed E-state index contributed by atoms with van der Waals surface area (Å²) in [7, 11) is 0. The number of nitrogens with two attached hydrogens (primary N) is 1. The third kappa shape index (κ3) is 4.05. The van der Waals surface area contributed by atoms with Gasteiger partial charge >= 0.3 is 6.18 Å². The Hall–Kier alpha value is -2.37. The SMILES string of the molecule is CCOc1cc(N)cc(Oc2ccc(C(F)(F)F)cc2)c1. The van der Waals surface area contributed by atoms with E-state index in [1.165, 1.54) is 12.1 Å². The van der Waals surface area contributed by atoms with Crippen molar-refractivity contribution in [2.45, 2.75) is 13.1 Å². The highest BCUT2D eigenvalue weighted by Gasteiger charge is 2.30. The van der Waals surface area contributed by atoms with Gasteiger partial charge in [0.05, 0.1) is 12.2 Å². The molecule has 2 aromatic rings. The summed E-state index contributed by atoms with van der Waals surface area (Å²) >= 11 is 0. The highest BCUT2D eigenvalue weighted by atomic mass is 19.4. The Morgan fingerprint density at radius 3 is 2.14 bits per heavy atom. The summed E-state index contributed by atoms with van der Waals surface area (Å²) in [6, 6.07) is 9.27. The Labute approximate surface area is 120 Å². The van der Waals surface area contributed by atoms with Crippen LogP contribution in [0, 0.1) is 0 Å². The molecule has 21 heavy (non-hydrogen) atoms. The summed E-state index contributed by atoms with van der Waals surface area (Å²) in [5.74, 6) is 1.23. The molecule has 0 aliphatic rings. The molecule has 6 heteroatoms. The van der Waals surface area contributed by atoms with Crippen LogP contribution in [0.3, 0.4) is 0 Å². The lowest BCUT2D eigenvalue weighted by Gasteiger charge is -2.11. The molecule has 0 radical (unpaired) electrons. The highest BCUT2D eigenvalue weighted by Crippen LogP contribution is 2.32. The third-order valence-electron chi connectivity index (χ3n) is 2.63. The van der Waals surface area contributed by atoms with Crippen LogP contribution in [0.5, 0.6) is 17.2 Å². The molecule has 0 unspecified atom stereocenters. The molecular weight excluding hydrogens is 283 g/mol. The van der Waals surface area contributed by atoms with Gasteiger partial charge in [0.2, 0.25) is 0 Å². The van der Waals surface area contributed by atoms with Crippen molar-refractivity contribution >= 4 is 5.69 Å². The van der Waals surface area contributed by atoms with Crippen LogP contribution in [0.1, 0.15) is 12.5 Å². The molecular formula is C15H14F3NO2. The number of rotatable bonds is 4. The van der Waals surface area contributed by atoms with Crippen molar-refractivity contribution in [3.63, 3.8) is 0 Å². The molecule has 112 valence electrons. The van der Waals surface area contributed by atoms with Crippen LogP contribution in [-0.2, 0) is 6.18 Å². The number of nitrogen functional groups attached to an aromatic ring is 1. The molecule has 0 atom stereocenters. The van der Waals surface area contributed by atoms with Crippen molar-refractivity contribution in [3.05, 3.63) is 48.0 Å². The summed E-state index contributed by atoms with van der Waals surface area (Å²) in [5, 5.41) is 0. The van der Waals surface area contributed by atoms with Crippen molar-refractivity contribution in [3.8, 4) is 17.2 Å². The van der Waals surface area contributed by atoms with Gasteiger partial charge in [0.25, 0.3) is 0 Å². The smallest absolute Gasteiger partial charge is 0.416 e. The highest BCUT2D eigenvalue weighted by molar-refractivity contribution is 5.51. The molecule has 0 spiro atoms. The second-order valence-electron chi connectivity index (χ2n) is 4.29. The summed E-state index contributed by atoms with van der Waals surface area (Å²) in [6.07, 6.45) is -4.36. The van der Waals surface area contributed by atoms with E-state index >= 15 is 0 Å². The van der Waals surface area contributed by atoms with E-state index in [1.807, 2.05) is 6.92 Å². The van der Waals surface area contributed by atoms with Crippen LogP contribution in [0.2, 0.25) is 0 Å². The maximum Gasteiger partial charge on any atom is 0.416 e. The lowest BCUT2D eigenvalue weighted by atomic mass is 10.2. The summed E-state index contributed by atoms with van der Waals surface area (Å²) in [5.41, 5.74) is 5.44. The molecule has 0 heterocycles. The lowest BCUT2D eigenvalue weighted by molar-refractivity contribution is -0.137. The first-order valence-corrected chi connectivity index (χ1v) is 6.27. The minimum atomic E-state index is -4.36. The number of alkyl halides is 3. The van der Waals surface area contributed by atoms with Gasteiger partial charge in [-0.1, -0.05) is 0 Å². The van der Waals surface area contributed by atoms with Gasteiger partial charge in [0.15, 0.2) is 0 Å². The second kappa shape index (κ2) is 5.95. The fraction of sp³-hybridized carbons (Fsp3) is 0.200. The lowest BCUT2D eigenvalue weighted by Crippen LogP contribution is -2.04. The molecule has 2 N–H and O–H groups in total. The van der Waals surface area contributed by atoms with Gasteiger partial charge in [0.1, 0.15) is 17.2 Å². The number of anilines is 1. The normalized spacial score (nSPS) is 11.2. The van der Waals surface area contributed by atoms with Gasteiger partial charge in [-0.2, -0.15) is 13.2 Å². The first-order valence-electron chi connectivity index (χ1n) is 6.27. The van der Waals surface area contributed by atoms with E-state index in [-0.39, 0.29) is 5.75 Å². The van der Waals surface area contributed by atoms with Crippen LogP contribution in [0.25, 0.3) is 0 Å². The van der Waals surface area contributed by atoms with E-state index in [1.54, 1.807) is 18.2 Å². The van der Waals surface area contributed by atoms with Gasteiger partial charge in [-0.3, -0.25) is 0 Å². The predicted octanol–water partition coefficient (Wildman–Crippen LogP) is 4.48. The van der Waals surface area contributed by atoms with Gasteiger partial charge < -0.3 is 15.2 Å². The fourth-order valence-electron chi connectivity index (χ4n) is 1.75. The van der Waals surface area contributed by atoms with Crippen molar-refractivity contribution < 1.29 is 22.6 Å². The first kappa shape index (κ1) is 15.0. The largest absolute Gasteiger partial charge is 0.494 e. The number of hydrogen-bond donors (Lipinski definition) is 1. The zero-order valence-electron chi connectivity index (χ0n) is 11.3. The zero-order valence-corrected chi connectivity index (χ0v) is 11.3. The maximum atomic E-state index is 12.5. The standard InChI is InChI=1S/C15H14F3NO2/c1-2-20-13-7-11(19)8-14(9-13)21-12-5-3-10(4-6-12)15(16,17)18/h3-9H,2,19H2,1H3. The molecule has 0 aromatic heterocycles. The minimum absolute atomic E-state index is 0.288. The van der Waals surface area contributed by atoms with Crippen LogP contribution < -0.4 is 15.2 Å². The van der Waals surface area contributed by atoms with E-state index in [0.29, 0.717) is 23.8 Å². The van der Waals surface area contributed by atoms with Crippen LogP contribution in [0.15, 0.2) is 42.5 Å². The predicted molar refractivity (Wildman–Crippen MR) is 73.5 cm³/mol. The Bertz CT molecular complexity index is 609. The van der Waals surface area contributed by atoms with Gasteiger partial charge in [-0.05, 0) is 31.2 Å². The van der Waals surface area contributed by atoms with E-state index in [2.05, 4.69) is 0 Å². The summed E-state index contributed by atoms with van der Waals surface area (Å²) < 4.78 is 48.2. The topological polar surface area (TPSA) is 44.5 Å². The first-order chi connectivity index (χ1) is 9.88.